The zero-order chi connectivity index (χ0) is 28.9. The second-order valence-electron chi connectivity index (χ2n) is 9.05. The maximum absolute atomic E-state index is 12.9. The van der Waals surface area contributed by atoms with Crippen molar-refractivity contribution in [3.05, 3.63) is 119 Å². The number of nitro groups is 1. The van der Waals surface area contributed by atoms with E-state index < -0.39 is 4.92 Å². The monoisotopic (exact) mass is 610 g/mol. The Hall–Kier alpha value is -4.52. The number of fused-ring (bicyclic) bond motifs is 1. The lowest BCUT2D eigenvalue weighted by atomic mass is 10.2. The Balaban J connectivity index is 1.11. The number of hydrogen-bond donors (Lipinski definition) is 1. The fraction of sp³-hybridized carbons (Fsp3) is 0.0667. The Morgan fingerprint density at radius 3 is 2.38 bits per heavy atom. The van der Waals surface area contributed by atoms with E-state index in [0.29, 0.717) is 22.4 Å². The Morgan fingerprint density at radius 1 is 0.905 bits per heavy atom. The molecule has 0 saturated heterocycles. The molecule has 1 N–H and O–H groups in total. The molecule has 0 atom stereocenters. The topological polar surface area (TPSA) is 116 Å². The molecule has 0 bridgehead atoms. The number of para-hydroxylation sites is 1. The van der Waals surface area contributed by atoms with Crippen molar-refractivity contribution in [3.8, 4) is 17.1 Å². The van der Waals surface area contributed by atoms with E-state index in [0.717, 1.165) is 31.4 Å². The van der Waals surface area contributed by atoms with Crippen molar-refractivity contribution in [2.75, 3.05) is 11.1 Å². The zero-order valence-electron chi connectivity index (χ0n) is 21.9. The summed E-state index contributed by atoms with van der Waals surface area (Å²) in [5, 5.41) is 23.3. The average Bonchev–Trinajstić information content (AvgIpc) is 3.64. The predicted molar refractivity (Wildman–Crippen MR) is 168 cm³/mol. The highest BCUT2D eigenvalue weighted by Gasteiger charge is 2.17. The van der Waals surface area contributed by atoms with Crippen LogP contribution in [0, 0.1) is 10.1 Å². The summed E-state index contributed by atoms with van der Waals surface area (Å²) in [7, 11) is 0. The number of aromatic nitrogens is 4. The summed E-state index contributed by atoms with van der Waals surface area (Å²) in [5.41, 5.74) is 4.46. The highest BCUT2D eigenvalue weighted by Crippen LogP contribution is 2.33. The third kappa shape index (κ3) is 6.35. The normalized spacial score (nSPS) is 11.0. The van der Waals surface area contributed by atoms with E-state index in [4.69, 9.17) is 0 Å². The predicted octanol–water partition coefficient (Wildman–Crippen LogP) is 7.48. The first kappa shape index (κ1) is 27.6. The van der Waals surface area contributed by atoms with Gasteiger partial charge in [-0.2, -0.15) is 0 Å². The van der Waals surface area contributed by atoms with E-state index in [1.807, 2.05) is 83.4 Å². The van der Waals surface area contributed by atoms with Crippen LogP contribution in [0.2, 0.25) is 0 Å². The first-order valence-electron chi connectivity index (χ1n) is 12.8. The van der Waals surface area contributed by atoms with Crippen LogP contribution >= 0.6 is 34.9 Å². The fourth-order valence-corrected chi connectivity index (χ4v) is 6.99. The minimum Gasteiger partial charge on any atom is -0.325 e. The van der Waals surface area contributed by atoms with Crippen LogP contribution in [0.1, 0.15) is 5.56 Å². The van der Waals surface area contributed by atoms with E-state index in [1.165, 1.54) is 23.9 Å². The maximum Gasteiger partial charge on any atom is 0.269 e. The van der Waals surface area contributed by atoms with Crippen LogP contribution in [0.5, 0.6) is 0 Å². The molecule has 0 spiro atoms. The number of benzene rings is 4. The SMILES string of the molecule is O=C(CSc1nnc(-c2ccccc2)n1-c1ccccc1)Nc1ccc2nc(SCc3ccc([N+](=O)[O-])cc3)sc2c1. The summed E-state index contributed by atoms with van der Waals surface area (Å²) in [6.07, 6.45) is 0. The zero-order valence-corrected chi connectivity index (χ0v) is 24.4. The minimum atomic E-state index is -0.405. The number of nitrogens with one attached hydrogen (secondary N) is 1. The molecule has 208 valence electrons. The van der Waals surface area contributed by atoms with Crippen LogP contribution in [0.4, 0.5) is 11.4 Å². The van der Waals surface area contributed by atoms with Gasteiger partial charge in [-0.1, -0.05) is 84.2 Å². The Bertz CT molecular complexity index is 1860. The number of nitro benzene ring substituents is 1. The molecule has 0 radical (unpaired) electrons. The molecule has 0 aliphatic rings. The van der Waals surface area contributed by atoms with Gasteiger partial charge in [0.1, 0.15) is 0 Å². The van der Waals surface area contributed by atoms with Crippen LogP contribution < -0.4 is 5.32 Å². The van der Waals surface area contributed by atoms with Crippen molar-refractivity contribution in [2.24, 2.45) is 0 Å². The number of rotatable bonds is 10. The van der Waals surface area contributed by atoms with Crippen molar-refractivity contribution >= 4 is 62.4 Å². The molecule has 2 heterocycles. The van der Waals surface area contributed by atoms with Gasteiger partial charge in [0.25, 0.3) is 5.69 Å². The average molecular weight is 611 g/mol. The molecule has 9 nitrogen and oxygen atoms in total. The van der Waals surface area contributed by atoms with Gasteiger partial charge in [-0.05, 0) is 35.9 Å². The van der Waals surface area contributed by atoms with Crippen LogP contribution in [0.25, 0.3) is 27.3 Å². The van der Waals surface area contributed by atoms with Gasteiger partial charge in [-0.3, -0.25) is 19.5 Å². The van der Waals surface area contributed by atoms with Gasteiger partial charge in [0.05, 0.1) is 20.9 Å². The van der Waals surface area contributed by atoms with E-state index in [2.05, 4.69) is 20.5 Å². The van der Waals surface area contributed by atoms with E-state index >= 15 is 0 Å². The number of thioether (sulfide) groups is 2. The highest BCUT2D eigenvalue weighted by molar-refractivity contribution is 8.00. The largest absolute Gasteiger partial charge is 0.325 e. The number of non-ortho nitro benzene ring substituents is 1. The second-order valence-corrected chi connectivity index (χ2v) is 12.3. The van der Waals surface area contributed by atoms with Crippen LogP contribution in [-0.2, 0) is 10.5 Å². The number of amides is 1. The maximum atomic E-state index is 12.9. The fourth-order valence-electron chi connectivity index (χ4n) is 4.18. The molecule has 4 aromatic carbocycles. The molecule has 0 unspecified atom stereocenters. The van der Waals surface area contributed by atoms with Crippen molar-refractivity contribution in [2.45, 2.75) is 15.2 Å². The standard InChI is InChI=1S/C30H22N6O3S3/c37-27(19-40-29-34-33-28(21-7-3-1-4-8-21)35(29)23-9-5-2-6-10-23)31-22-13-16-25-26(17-22)42-30(32-25)41-18-20-11-14-24(15-12-20)36(38)39/h1-17H,18-19H2,(H,31,37). The molecule has 0 fully saturated rings. The number of carbonyl (C=O) groups excluding carboxylic acids is 1. The third-order valence-corrected chi connectivity index (χ3v) is 9.34. The molecular formula is C30H22N6O3S3. The van der Waals surface area contributed by atoms with Gasteiger partial charge >= 0.3 is 0 Å². The third-order valence-electron chi connectivity index (χ3n) is 6.17. The van der Waals surface area contributed by atoms with E-state index in [-0.39, 0.29) is 17.3 Å². The smallest absolute Gasteiger partial charge is 0.269 e. The summed E-state index contributed by atoms with van der Waals surface area (Å²) in [6, 6.07) is 31.9. The van der Waals surface area contributed by atoms with Gasteiger partial charge < -0.3 is 5.32 Å². The lowest BCUT2D eigenvalue weighted by Gasteiger charge is -2.10. The molecule has 1 amide bonds. The second kappa shape index (κ2) is 12.6. The summed E-state index contributed by atoms with van der Waals surface area (Å²) in [6.45, 7) is 0. The van der Waals surface area contributed by atoms with Crippen molar-refractivity contribution < 1.29 is 9.72 Å². The Kier molecular flexibility index (Phi) is 8.26. The van der Waals surface area contributed by atoms with Crippen LogP contribution in [0.15, 0.2) is 113 Å². The van der Waals surface area contributed by atoms with E-state index in [1.54, 1.807) is 35.2 Å². The number of carbonyl (C=O) groups is 1. The van der Waals surface area contributed by atoms with Crippen molar-refractivity contribution in [1.82, 2.24) is 19.7 Å². The lowest BCUT2D eigenvalue weighted by Crippen LogP contribution is -2.14. The van der Waals surface area contributed by atoms with Gasteiger partial charge in [0, 0.05) is 34.8 Å². The first-order valence-corrected chi connectivity index (χ1v) is 15.6. The summed E-state index contributed by atoms with van der Waals surface area (Å²) >= 11 is 4.44. The minimum absolute atomic E-state index is 0.0757. The number of thiazole rings is 1. The van der Waals surface area contributed by atoms with Gasteiger partial charge in [0.2, 0.25) is 5.91 Å². The van der Waals surface area contributed by atoms with Gasteiger partial charge in [0.15, 0.2) is 15.3 Å². The molecular weight excluding hydrogens is 589 g/mol. The summed E-state index contributed by atoms with van der Waals surface area (Å²) < 4.78 is 3.81. The molecule has 0 aliphatic carbocycles. The first-order chi connectivity index (χ1) is 20.5. The lowest BCUT2D eigenvalue weighted by molar-refractivity contribution is -0.384. The van der Waals surface area contributed by atoms with Crippen LogP contribution in [-0.4, -0.2) is 36.3 Å². The number of nitrogens with zero attached hydrogens (tertiary/aromatic N) is 5. The Morgan fingerprint density at radius 2 is 1.64 bits per heavy atom. The van der Waals surface area contributed by atoms with Crippen molar-refractivity contribution in [3.63, 3.8) is 0 Å². The summed E-state index contributed by atoms with van der Waals surface area (Å²) in [4.78, 5) is 28.1. The number of hydrogen-bond acceptors (Lipinski definition) is 9. The summed E-state index contributed by atoms with van der Waals surface area (Å²) in [5.74, 6) is 1.37. The molecule has 0 saturated carbocycles. The van der Waals surface area contributed by atoms with Crippen LogP contribution in [0.3, 0.4) is 0 Å². The molecule has 2 aromatic heterocycles. The quantitative estimate of drug-likeness (QED) is 0.0964. The number of anilines is 1. The van der Waals surface area contributed by atoms with Crippen molar-refractivity contribution in [1.29, 1.82) is 0 Å². The molecule has 12 heteroatoms. The highest BCUT2D eigenvalue weighted by atomic mass is 32.2. The van der Waals surface area contributed by atoms with E-state index in [9.17, 15) is 14.9 Å². The Labute approximate surface area is 253 Å². The molecule has 6 aromatic rings. The molecule has 0 aliphatic heterocycles. The van der Waals surface area contributed by atoms with Gasteiger partial charge in [-0.25, -0.2) is 4.98 Å². The molecule has 42 heavy (non-hydrogen) atoms. The van der Waals surface area contributed by atoms with Gasteiger partial charge in [-0.15, -0.1) is 21.5 Å². The molecule has 6 rings (SSSR count).